The molecule has 2 N–H and O–H groups in total. The summed E-state index contributed by atoms with van der Waals surface area (Å²) >= 11 is 5.50. The van der Waals surface area contributed by atoms with Crippen molar-refractivity contribution in [2.45, 2.75) is 26.8 Å². The lowest BCUT2D eigenvalue weighted by Crippen LogP contribution is -2.30. The average molecular weight is 364 g/mol. The third kappa shape index (κ3) is 4.14. The van der Waals surface area contributed by atoms with Crippen LogP contribution in [0.25, 0.3) is 10.8 Å². The number of nitrogens with zero attached hydrogens (tertiary/aromatic N) is 1. The molecule has 3 aromatic rings. The number of nitrogens with one attached hydrogen (secondary N) is 2. The van der Waals surface area contributed by atoms with E-state index >= 15 is 0 Å². The zero-order chi connectivity index (χ0) is 18.5. The van der Waals surface area contributed by atoms with Gasteiger partial charge in [0.05, 0.1) is 0 Å². The third-order valence-electron chi connectivity index (χ3n) is 4.46. The summed E-state index contributed by atoms with van der Waals surface area (Å²) < 4.78 is 0. The fourth-order valence-corrected chi connectivity index (χ4v) is 3.43. The van der Waals surface area contributed by atoms with Crippen LogP contribution in [0, 0.1) is 0 Å². The smallest absolute Gasteiger partial charge is 0.175 e. The van der Waals surface area contributed by atoms with E-state index in [0.717, 1.165) is 23.3 Å². The van der Waals surface area contributed by atoms with Crippen molar-refractivity contribution in [3.63, 3.8) is 0 Å². The lowest BCUT2D eigenvalue weighted by atomic mass is 10.1. The summed E-state index contributed by atoms with van der Waals surface area (Å²) in [6.45, 7) is 7.58. The highest BCUT2D eigenvalue weighted by Gasteiger charge is 2.08. The molecule has 0 spiro atoms. The maximum absolute atomic E-state index is 5.50. The van der Waals surface area contributed by atoms with Crippen molar-refractivity contribution in [2.24, 2.45) is 0 Å². The Morgan fingerprint density at radius 2 is 1.62 bits per heavy atom. The molecule has 0 unspecified atom stereocenters. The van der Waals surface area contributed by atoms with E-state index in [4.69, 9.17) is 12.2 Å². The first kappa shape index (κ1) is 18.2. The molecule has 0 aliphatic carbocycles. The highest BCUT2D eigenvalue weighted by atomic mass is 32.1. The van der Waals surface area contributed by atoms with Crippen LogP contribution >= 0.6 is 12.2 Å². The molecule has 0 saturated heterocycles. The molecular formula is C22H25N3S. The maximum atomic E-state index is 5.50. The van der Waals surface area contributed by atoms with Gasteiger partial charge in [-0.15, -0.1) is 0 Å². The van der Waals surface area contributed by atoms with Gasteiger partial charge in [-0.1, -0.05) is 36.4 Å². The van der Waals surface area contributed by atoms with E-state index in [2.05, 4.69) is 78.8 Å². The quantitative estimate of drug-likeness (QED) is 0.553. The number of thiocarbonyl (C=S) groups is 1. The van der Waals surface area contributed by atoms with E-state index in [9.17, 15) is 0 Å². The average Bonchev–Trinajstić information content (AvgIpc) is 2.64. The Bertz CT molecular complexity index is 882. The van der Waals surface area contributed by atoms with Gasteiger partial charge in [0, 0.05) is 35.0 Å². The van der Waals surface area contributed by atoms with Crippen molar-refractivity contribution < 1.29 is 0 Å². The Morgan fingerprint density at radius 1 is 0.923 bits per heavy atom. The Kier molecular flexibility index (Phi) is 5.74. The van der Waals surface area contributed by atoms with E-state index in [0.29, 0.717) is 11.2 Å². The molecule has 26 heavy (non-hydrogen) atoms. The van der Waals surface area contributed by atoms with E-state index in [-0.39, 0.29) is 0 Å². The van der Waals surface area contributed by atoms with Crippen molar-refractivity contribution >= 4 is 45.2 Å². The fraction of sp³-hybridized carbons (Fsp3) is 0.227. The first-order valence-electron chi connectivity index (χ1n) is 9.01. The molecule has 0 aromatic heterocycles. The molecule has 4 heteroatoms. The molecule has 0 saturated carbocycles. The number of benzene rings is 3. The van der Waals surface area contributed by atoms with Crippen LogP contribution in [-0.4, -0.2) is 17.7 Å². The molecule has 134 valence electrons. The second kappa shape index (κ2) is 8.19. The predicted molar refractivity (Wildman–Crippen MR) is 118 cm³/mol. The van der Waals surface area contributed by atoms with Crippen LogP contribution in [0.3, 0.4) is 0 Å². The summed E-state index contributed by atoms with van der Waals surface area (Å²) in [5, 5.41) is 9.52. The number of fused-ring (bicyclic) bond motifs is 1. The van der Waals surface area contributed by atoms with Crippen LogP contribution in [0.1, 0.15) is 20.8 Å². The first-order valence-corrected chi connectivity index (χ1v) is 9.41. The Morgan fingerprint density at radius 3 is 2.31 bits per heavy atom. The molecule has 0 amide bonds. The summed E-state index contributed by atoms with van der Waals surface area (Å²) in [6.07, 6.45) is 0. The van der Waals surface area contributed by atoms with Crippen molar-refractivity contribution in [3.8, 4) is 0 Å². The largest absolute Gasteiger partial charge is 0.369 e. The second-order valence-electron chi connectivity index (χ2n) is 6.53. The standard InChI is InChI=1S/C22H25N3S/c1-4-25(16(2)3)19-14-12-18(13-15-19)23-22(26)24-21-11-7-9-17-8-5-6-10-20(17)21/h5-16H,4H2,1-3H3,(H2,23,24,26). The third-order valence-corrected chi connectivity index (χ3v) is 4.66. The minimum atomic E-state index is 0.480. The van der Waals surface area contributed by atoms with E-state index in [1.54, 1.807) is 0 Å². The normalized spacial score (nSPS) is 10.8. The number of hydrogen-bond acceptors (Lipinski definition) is 2. The molecule has 0 atom stereocenters. The SMILES string of the molecule is CCN(c1ccc(NC(=S)Nc2cccc3ccccc23)cc1)C(C)C. The van der Waals surface area contributed by atoms with Crippen LogP contribution in [-0.2, 0) is 0 Å². The maximum Gasteiger partial charge on any atom is 0.175 e. The van der Waals surface area contributed by atoms with Crippen molar-refractivity contribution in [1.82, 2.24) is 0 Å². The summed E-state index contributed by atoms with van der Waals surface area (Å²) in [6, 6.07) is 23.3. The molecule has 0 fully saturated rings. The molecule has 0 aliphatic rings. The van der Waals surface area contributed by atoms with Crippen LogP contribution in [0.2, 0.25) is 0 Å². The van der Waals surface area contributed by atoms with Gasteiger partial charge in [-0.05, 0) is 68.7 Å². The molecule has 3 rings (SSSR count). The highest BCUT2D eigenvalue weighted by molar-refractivity contribution is 7.80. The topological polar surface area (TPSA) is 27.3 Å². The Balaban J connectivity index is 1.70. The number of anilines is 3. The molecule has 3 aromatic carbocycles. The minimum Gasteiger partial charge on any atom is -0.369 e. The molecule has 0 radical (unpaired) electrons. The monoisotopic (exact) mass is 363 g/mol. The Hall–Kier alpha value is -2.59. The summed E-state index contributed by atoms with van der Waals surface area (Å²) in [4.78, 5) is 2.36. The molecule has 3 nitrogen and oxygen atoms in total. The van der Waals surface area contributed by atoms with Gasteiger partial charge in [0.15, 0.2) is 5.11 Å². The molecule has 0 bridgehead atoms. The van der Waals surface area contributed by atoms with Crippen molar-refractivity contribution in [3.05, 3.63) is 66.7 Å². The van der Waals surface area contributed by atoms with Gasteiger partial charge in [0.2, 0.25) is 0 Å². The minimum absolute atomic E-state index is 0.480. The molecule has 0 heterocycles. The summed E-state index contributed by atoms with van der Waals surface area (Å²) in [7, 11) is 0. The van der Waals surface area contributed by atoms with Gasteiger partial charge in [-0.2, -0.15) is 0 Å². The van der Waals surface area contributed by atoms with Crippen LogP contribution in [0.4, 0.5) is 17.1 Å². The zero-order valence-electron chi connectivity index (χ0n) is 15.5. The van der Waals surface area contributed by atoms with Crippen molar-refractivity contribution in [2.75, 3.05) is 22.1 Å². The van der Waals surface area contributed by atoms with Crippen molar-refractivity contribution in [1.29, 1.82) is 0 Å². The predicted octanol–water partition coefficient (Wildman–Crippen LogP) is 5.88. The first-order chi connectivity index (χ1) is 12.6. The Labute approximate surface area is 161 Å². The van der Waals surface area contributed by atoms with E-state index in [1.807, 2.05) is 24.3 Å². The lowest BCUT2D eigenvalue weighted by molar-refractivity contribution is 0.704. The van der Waals surface area contributed by atoms with Crippen LogP contribution < -0.4 is 15.5 Å². The van der Waals surface area contributed by atoms with Gasteiger partial charge in [0.1, 0.15) is 0 Å². The van der Waals surface area contributed by atoms with E-state index in [1.165, 1.54) is 11.1 Å². The number of hydrogen-bond donors (Lipinski definition) is 2. The highest BCUT2D eigenvalue weighted by Crippen LogP contribution is 2.24. The van der Waals surface area contributed by atoms with Crippen LogP contribution in [0.15, 0.2) is 66.7 Å². The summed E-state index contributed by atoms with van der Waals surface area (Å²) in [5.74, 6) is 0. The molecule has 0 aliphatic heterocycles. The van der Waals surface area contributed by atoms with Gasteiger partial charge < -0.3 is 15.5 Å². The molecular weight excluding hydrogens is 338 g/mol. The zero-order valence-corrected chi connectivity index (χ0v) is 16.3. The van der Waals surface area contributed by atoms with Crippen LogP contribution in [0.5, 0.6) is 0 Å². The van der Waals surface area contributed by atoms with Gasteiger partial charge in [-0.25, -0.2) is 0 Å². The van der Waals surface area contributed by atoms with Gasteiger partial charge >= 0.3 is 0 Å². The van der Waals surface area contributed by atoms with Gasteiger partial charge in [0.25, 0.3) is 0 Å². The van der Waals surface area contributed by atoms with E-state index < -0.39 is 0 Å². The summed E-state index contributed by atoms with van der Waals surface area (Å²) in [5.41, 5.74) is 3.21. The number of rotatable bonds is 5. The lowest BCUT2D eigenvalue weighted by Gasteiger charge is -2.27. The second-order valence-corrected chi connectivity index (χ2v) is 6.94. The van der Waals surface area contributed by atoms with Gasteiger partial charge in [-0.3, -0.25) is 0 Å². The fourth-order valence-electron chi connectivity index (χ4n) is 3.20.